The molecule has 0 bridgehead atoms. The van der Waals surface area contributed by atoms with Crippen molar-refractivity contribution in [1.29, 1.82) is 0 Å². The molecule has 0 aliphatic heterocycles. The van der Waals surface area contributed by atoms with E-state index >= 15 is 0 Å². The fraction of sp³-hybridized carbons (Fsp3) is 0.333. The SMILES string of the molecule is CNc1nc2nc(-c3ccc(C4(NC(=O)OC(C)(C)C)CCC4)cc3)c(-c3ccccc3)cn2n1. The quantitative estimate of drug-likeness (QED) is 0.405. The lowest BCUT2D eigenvalue weighted by Gasteiger charge is -2.43. The number of rotatable bonds is 5. The number of nitrogens with one attached hydrogen (secondary N) is 2. The highest BCUT2D eigenvalue weighted by Gasteiger charge is 2.41. The number of carbonyl (C=O) groups excluding carboxylic acids is 1. The van der Waals surface area contributed by atoms with Crippen molar-refractivity contribution in [1.82, 2.24) is 24.9 Å². The van der Waals surface area contributed by atoms with Crippen molar-refractivity contribution in [2.24, 2.45) is 0 Å². The van der Waals surface area contributed by atoms with Gasteiger partial charge in [-0.25, -0.2) is 14.3 Å². The fourth-order valence-corrected chi connectivity index (χ4v) is 4.44. The predicted molar refractivity (Wildman–Crippen MR) is 136 cm³/mol. The first-order chi connectivity index (χ1) is 16.8. The molecule has 1 aliphatic carbocycles. The fourth-order valence-electron chi connectivity index (χ4n) is 4.44. The van der Waals surface area contributed by atoms with Crippen LogP contribution in [0.25, 0.3) is 28.2 Å². The number of alkyl carbamates (subject to hydrolysis) is 1. The van der Waals surface area contributed by atoms with Crippen molar-refractivity contribution < 1.29 is 9.53 Å². The lowest BCUT2D eigenvalue weighted by Crippen LogP contribution is -2.52. The molecule has 0 spiro atoms. The van der Waals surface area contributed by atoms with Crippen molar-refractivity contribution in [2.75, 3.05) is 12.4 Å². The summed E-state index contributed by atoms with van der Waals surface area (Å²) in [6.45, 7) is 5.62. The van der Waals surface area contributed by atoms with Gasteiger partial charge in [0, 0.05) is 24.4 Å². The zero-order chi connectivity index (χ0) is 24.6. The maximum Gasteiger partial charge on any atom is 0.408 e. The zero-order valence-corrected chi connectivity index (χ0v) is 20.5. The molecule has 180 valence electrons. The highest BCUT2D eigenvalue weighted by molar-refractivity contribution is 5.81. The van der Waals surface area contributed by atoms with Crippen molar-refractivity contribution in [2.45, 2.75) is 51.2 Å². The van der Waals surface area contributed by atoms with E-state index in [1.54, 1.807) is 11.6 Å². The van der Waals surface area contributed by atoms with Gasteiger partial charge in [0.25, 0.3) is 5.78 Å². The second-order valence-corrected chi connectivity index (χ2v) is 9.94. The van der Waals surface area contributed by atoms with Crippen LogP contribution in [-0.4, -0.2) is 38.3 Å². The van der Waals surface area contributed by atoms with Crippen molar-refractivity contribution >= 4 is 17.8 Å². The third-order valence-electron chi connectivity index (χ3n) is 6.30. The third-order valence-corrected chi connectivity index (χ3v) is 6.30. The summed E-state index contributed by atoms with van der Waals surface area (Å²) in [4.78, 5) is 21.8. The maximum absolute atomic E-state index is 12.5. The average Bonchev–Trinajstić information content (AvgIpc) is 3.22. The molecule has 0 unspecified atom stereocenters. The lowest BCUT2D eigenvalue weighted by molar-refractivity contribution is 0.0377. The normalized spacial score (nSPS) is 14.9. The molecule has 1 amide bonds. The Bertz CT molecular complexity index is 1350. The summed E-state index contributed by atoms with van der Waals surface area (Å²) in [7, 11) is 1.79. The summed E-state index contributed by atoms with van der Waals surface area (Å²) in [5, 5.41) is 10.6. The average molecular weight is 471 g/mol. The molecule has 0 saturated heterocycles. The minimum absolute atomic E-state index is 0.382. The molecule has 1 aliphatic rings. The second kappa shape index (κ2) is 8.69. The number of anilines is 1. The molecule has 8 nitrogen and oxygen atoms in total. The first kappa shape index (κ1) is 22.8. The standard InChI is InChI=1S/C27H30N6O2/c1-26(2,3)35-25(34)31-27(15-8-16-27)20-13-11-19(12-14-20)22-21(18-9-6-5-7-10-18)17-33-24(29-22)30-23(28-4)32-33/h5-7,9-14,17H,8,15-16H2,1-4H3,(H,28,32)(H,31,34). The van der Waals surface area contributed by atoms with Crippen LogP contribution in [-0.2, 0) is 10.3 Å². The Morgan fingerprint density at radius 3 is 2.31 bits per heavy atom. The number of benzene rings is 2. The van der Waals surface area contributed by atoms with E-state index in [-0.39, 0.29) is 6.09 Å². The Hall–Kier alpha value is -3.94. The largest absolute Gasteiger partial charge is 0.444 e. The van der Waals surface area contributed by atoms with Crippen LogP contribution in [0.1, 0.15) is 45.6 Å². The minimum Gasteiger partial charge on any atom is -0.444 e. The number of carbonyl (C=O) groups is 1. The van der Waals surface area contributed by atoms with E-state index in [9.17, 15) is 4.79 Å². The van der Waals surface area contributed by atoms with Gasteiger partial charge < -0.3 is 15.4 Å². The Morgan fingerprint density at radius 1 is 1.00 bits per heavy atom. The number of aromatic nitrogens is 4. The van der Waals surface area contributed by atoms with Crippen LogP contribution in [0.4, 0.5) is 10.7 Å². The zero-order valence-electron chi connectivity index (χ0n) is 20.5. The molecule has 8 heteroatoms. The van der Waals surface area contributed by atoms with Gasteiger partial charge >= 0.3 is 6.09 Å². The molecular formula is C27H30N6O2. The van der Waals surface area contributed by atoms with Gasteiger partial charge in [-0.1, -0.05) is 54.6 Å². The van der Waals surface area contributed by atoms with Crippen LogP contribution in [0.2, 0.25) is 0 Å². The van der Waals surface area contributed by atoms with Crippen LogP contribution < -0.4 is 10.6 Å². The van der Waals surface area contributed by atoms with Crippen LogP contribution in [0.3, 0.4) is 0 Å². The predicted octanol–water partition coefficient (Wildman–Crippen LogP) is 5.40. The second-order valence-electron chi connectivity index (χ2n) is 9.94. The summed E-state index contributed by atoms with van der Waals surface area (Å²) < 4.78 is 7.21. The number of amides is 1. The summed E-state index contributed by atoms with van der Waals surface area (Å²) in [5.74, 6) is 1.04. The molecular weight excluding hydrogens is 440 g/mol. The molecule has 2 aromatic carbocycles. The Kier molecular flexibility index (Phi) is 5.67. The monoisotopic (exact) mass is 470 g/mol. The molecule has 2 heterocycles. The molecule has 1 fully saturated rings. The van der Waals surface area contributed by atoms with E-state index in [4.69, 9.17) is 9.72 Å². The molecule has 2 N–H and O–H groups in total. The molecule has 0 radical (unpaired) electrons. The first-order valence-electron chi connectivity index (χ1n) is 11.9. The summed E-state index contributed by atoms with van der Waals surface area (Å²) in [5.41, 5.74) is 3.94. The smallest absolute Gasteiger partial charge is 0.408 e. The Labute approximate surface area is 204 Å². The van der Waals surface area contributed by atoms with Crippen LogP contribution in [0.15, 0.2) is 60.8 Å². The molecule has 0 atom stereocenters. The number of fused-ring (bicyclic) bond motifs is 1. The first-order valence-corrected chi connectivity index (χ1v) is 11.9. The van der Waals surface area contributed by atoms with Gasteiger partial charge in [-0.2, -0.15) is 4.98 Å². The number of hydrogen-bond acceptors (Lipinski definition) is 6. The molecule has 5 rings (SSSR count). The van der Waals surface area contributed by atoms with E-state index < -0.39 is 11.1 Å². The highest BCUT2D eigenvalue weighted by Crippen LogP contribution is 2.42. The number of ether oxygens (including phenoxy) is 1. The van der Waals surface area contributed by atoms with Gasteiger partial charge in [0.15, 0.2) is 0 Å². The van der Waals surface area contributed by atoms with Gasteiger partial charge in [-0.3, -0.25) is 0 Å². The van der Waals surface area contributed by atoms with Gasteiger partial charge in [-0.15, -0.1) is 5.10 Å². The van der Waals surface area contributed by atoms with Gasteiger partial charge in [0.05, 0.1) is 11.2 Å². The summed E-state index contributed by atoms with van der Waals surface area (Å²) in [6, 6.07) is 18.4. The Balaban J connectivity index is 1.51. The Morgan fingerprint density at radius 2 is 1.71 bits per heavy atom. The minimum atomic E-state index is -0.536. The summed E-state index contributed by atoms with van der Waals surface area (Å²) >= 11 is 0. The topological polar surface area (TPSA) is 93.4 Å². The number of hydrogen-bond donors (Lipinski definition) is 2. The molecule has 2 aromatic heterocycles. The summed E-state index contributed by atoms with van der Waals surface area (Å²) in [6.07, 6.45) is 4.42. The van der Waals surface area contributed by atoms with E-state index in [1.807, 2.05) is 45.2 Å². The van der Waals surface area contributed by atoms with Crippen LogP contribution in [0, 0.1) is 0 Å². The lowest BCUT2D eigenvalue weighted by atomic mass is 9.71. The van der Waals surface area contributed by atoms with Crippen LogP contribution >= 0.6 is 0 Å². The van der Waals surface area contributed by atoms with Crippen molar-refractivity contribution in [3.8, 4) is 22.4 Å². The van der Waals surface area contributed by atoms with E-state index in [0.717, 1.165) is 47.2 Å². The molecule has 35 heavy (non-hydrogen) atoms. The van der Waals surface area contributed by atoms with Gasteiger partial charge in [-0.05, 0) is 51.2 Å². The van der Waals surface area contributed by atoms with E-state index in [2.05, 4.69) is 57.1 Å². The van der Waals surface area contributed by atoms with Crippen molar-refractivity contribution in [3.05, 3.63) is 66.4 Å². The van der Waals surface area contributed by atoms with E-state index in [0.29, 0.717) is 11.7 Å². The molecule has 4 aromatic rings. The number of nitrogens with zero attached hydrogens (tertiary/aromatic N) is 4. The van der Waals surface area contributed by atoms with E-state index in [1.165, 1.54) is 0 Å². The van der Waals surface area contributed by atoms with Gasteiger partial charge in [0.2, 0.25) is 5.95 Å². The van der Waals surface area contributed by atoms with Crippen LogP contribution in [0.5, 0.6) is 0 Å². The maximum atomic E-state index is 12.5. The molecule has 1 saturated carbocycles. The van der Waals surface area contributed by atoms with Crippen molar-refractivity contribution in [3.63, 3.8) is 0 Å². The highest BCUT2D eigenvalue weighted by atomic mass is 16.6. The third kappa shape index (κ3) is 4.56. The van der Waals surface area contributed by atoms with Gasteiger partial charge in [0.1, 0.15) is 5.60 Å².